The summed E-state index contributed by atoms with van der Waals surface area (Å²) in [6, 6.07) is 9.26. The van der Waals surface area contributed by atoms with E-state index in [9.17, 15) is 0 Å². The van der Waals surface area contributed by atoms with E-state index in [4.69, 9.17) is 21.4 Å². The number of pyridine rings is 1. The third-order valence-corrected chi connectivity index (χ3v) is 2.87. The molecule has 1 heterocycles. The van der Waals surface area contributed by atoms with E-state index >= 15 is 0 Å². The summed E-state index contributed by atoms with van der Waals surface area (Å²) in [6.45, 7) is -0.0941. The molecule has 0 saturated heterocycles. The molecular formula is C14H15ClN2O2. The number of aromatic nitrogens is 1. The molecule has 0 aliphatic carbocycles. The lowest BCUT2D eigenvalue weighted by molar-refractivity contribution is 0.281. The summed E-state index contributed by atoms with van der Waals surface area (Å²) in [5, 5.41) is 9.37. The first-order valence-corrected chi connectivity index (χ1v) is 6.18. The van der Waals surface area contributed by atoms with Crippen molar-refractivity contribution in [3.63, 3.8) is 0 Å². The van der Waals surface area contributed by atoms with Crippen LogP contribution in [0.25, 0.3) is 0 Å². The van der Waals surface area contributed by atoms with Crippen LogP contribution in [-0.2, 0) is 6.61 Å². The number of ether oxygens (including phenoxy) is 1. The highest BCUT2D eigenvalue weighted by Crippen LogP contribution is 2.29. The molecule has 4 nitrogen and oxygen atoms in total. The molecular weight excluding hydrogens is 264 g/mol. The minimum absolute atomic E-state index is 0.0941. The van der Waals surface area contributed by atoms with Crippen LogP contribution >= 0.6 is 11.6 Å². The van der Waals surface area contributed by atoms with E-state index in [1.165, 1.54) is 6.20 Å². The fraction of sp³-hybridized carbons (Fsp3) is 0.214. The molecule has 2 aromatic rings. The van der Waals surface area contributed by atoms with E-state index in [1.54, 1.807) is 6.07 Å². The van der Waals surface area contributed by atoms with Gasteiger partial charge in [-0.3, -0.25) is 0 Å². The summed E-state index contributed by atoms with van der Waals surface area (Å²) in [4.78, 5) is 6.07. The highest BCUT2D eigenvalue weighted by atomic mass is 35.5. The molecule has 1 aromatic heterocycles. The predicted molar refractivity (Wildman–Crippen MR) is 76.0 cm³/mol. The Morgan fingerprint density at radius 1 is 1.32 bits per heavy atom. The fourth-order valence-corrected chi connectivity index (χ4v) is 1.79. The Morgan fingerprint density at radius 2 is 2.11 bits per heavy atom. The van der Waals surface area contributed by atoms with Crippen molar-refractivity contribution in [1.82, 2.24) is 4.98 Å². The monoisotopic (exact) mass is 278 g/mol. The molecule has 0 aliphatic rings. The van der Waals surface area contributed by atoms with Gasteiger partial charge in [-0.05, 0) is 23.8 Å². The van der Waals surface area contributed by atoms with Gasteiger partial charge in [0, 0.05) is 32.0 Å². The van der Waals surface area contributed by atoms with Gasteiger partial charge in [0.25, 0.3) is 0 Å². The maximum atomic E-state index is 9.00. The summed E-state index contributed by atoms with van der Waals surface area (Å²) in [5.74, 6) is 0.993. The maximum Gasteiger partial charge on any atom is 0.238 e. The fourth-order valence-electron chi connectivity index (χ4n) is 1.56. The van der Waals surface area contributed by atoms with E-state index in [0.717, 1.165) is 5.69 Å². The second kappa shape index (κ2) is 5.91. The summed E-state index contributed by atoms with van der Waals surface area (Å²) in [6.07, 6.45) is 1.54. The summed E-state index contributed by atoms with van der Waals surface area (Å²) < 4.78 is 5.65. The smallest absolute Gasteiger partial charge is 0.238 e. The molecule has 0 spiro atoms. The SMILES string of the molecule is CN(C)c1cccc(Oc2ncc(CO)cc2Cl)c1. The van der Waals surface area contributed by atoms with Gasteiger partial charge in [0.2, 0.25) is 5.88 Å². The molecule has 0 unspecified atom stereocenters. The zero-order valence-corrected chi connectivity index (χ0v) is 11.6. The number of aliphatic hydroxyl groups excluding tert-OH is 1. The number of nitrogens with zero attached hydrogens (tertiary/aromatic N) is 2. The van der Waals surface area contributed by atoms with Gasteiger partial charge < -0.3 is 14.7 Å². The minimum Gasteiger partial charge on any atom is -0.437 e. The van der Waals surface area contributed by atoms with Crippen molar-refractivity contribution in [3.8, 4) is 11.6 Å². The minimum atomic E-state index is -0.0941. The van der Waals surface area contributed by atoms with Gasteiger partial charge in [0.05, 0.1) is 6.61 Å². The average molecular weight is 279 g/mol. The van der Waals surface area contributed by atoms with E-state index in [-0.39, 0.29) is 6.61 Å². The Bertz CT molecular complexity index is 573. The van der Waals surface area contributed by atoms with Crippen LogP contribution in [0.15, 0.2) is 36.5 Å². The van der Waals surface area contributed by atoms with Gasteiger partial charge in [0.1, 0.15) is 10.8 Å². The molecule has 0 atom stereocenters. The van der Waals surface area contributed by atoms with E-state index in [1.807, 2.05) is 43.3 Å². The lowest BCUT2D eigenvalue weighted by atomic mass is 10.3. The normalized spacial score (nSPS) is 10.3. The van der Waals surface area contributed by atoms with Crippen molar-refractivity contribution in [3.05, 3.63) is 47.1 Å². The lowest BCUT2D eigenvalue weighted by Gasteiger charge is -2.14. The molecule has 0 bridgehead atoms. The Balaban J connectivity index is 2.23. The molecule has 1 N–H and O–H groups in total. The van der Waals surface area contributed by atoms with Crippen molar-refractivity contribution < 1.29 is 9.84 Å². The van der Waals surface area contributed by atoms with Gasteiger partial charge in [-0.25, -0.2) is 4.98 Å². The number of benzene rings is 1. The predicted octanol–water partition coefficient (Wildman–Crippen LogP) is 3.09. The Kier molecular flexibility index (Phi) is 4.24. The quantitative estimate of drug-likeness (QED) is 0.933. The molecule has 2 rings (SSSR count). The lowest BCUT2D eigenvalue weighted by Crippen LogP contribution is -2.08. The standard InChI is InChI=1S/C14H15ClN2O2/c1-17(2)11-4-3-5-12(7-11)19-14-13(15)6-10(9-18)8-16-14/h3-8,18H,9H2,1-2H3. The van der Waals surface area contributed by atoms with Crippen LogP contribution in [0.5, 0.6) is 11.6 Å². The number of halogens is 1. The Labute approximate surface area is 117 Å². The third kappa shape index (κ3) is 3.36. The number of rotatable bonds is 4. The Hall–Kier alpha value is -1.78. The van der Waals surface area contributed by atoms with Gasteiger partial charge in [-0.2, -0.15) is 0 Å². The van der Waals surface area contributed by atoms with Crippen molar-refractivity contribution >= 4 is 17.3 Å². The van der Waals surface area contributed by atoms with Crippen LogP contribution in [0.3, 0.4) is 0 Å². The third-order valence-electron chi connectivity index (χ3n) is 2.60. The number of anilines is 1. The van der Waals surface area contributed by atoms with Gasteiger partial charge in [-0.1, -0.05) is 17.7 Å². The summed E-state index contributed by atoms with van der Waals surface area (Å²) in [7, 11) is 3.92. The van der Waals surface area contributed by atoms with Crippen LogP contribution in [0.4, 0.5) is 5.69 Å². The molecule has 5 heteroatoms. The largest absolute Gasteiger partial charge is 0.437 e. The van der Waals surface area contributed by atoms with Crippen molar-refractivity contribution in [2.75, 3.05) is 19.0 Å². The summed E-state index contributed by atoms with van der Waals surface area (Å²) in [5.41, 5.74) is 1.68. The highest BCUT2D eigenvalue weighted by Gasteiger charge is 2.07. The van der Waals surface area contributed by atoms with Crippen LogP contribution in [0.1, 0.15) is 5.56 Å². The highest BCUT2D eigenvalue weighted by molar-refractivity contribution is 6.31. The van der Waals surface area contributed by atoms with Gasteiger partial charge in [-0.15, -0.1) is 0 Å². The van der Waals surface area contributed by atoms with Gasteiger partial charge in [0.15, 0.2) is 0 Å². The first-order valence-electron chi connectivity index (χ1n) is 5.80. The topological polar surface area (TPSA) is 45.6 Å². The average Bonchev–Trinajstić information content (AvgIpc) is 2.41. The first kappa shape index (κ1) is 13.6. The molecule has 0 saturated carbocycles. The Morgan fingerprint density at radius 3 is 2.74 bits per heavy atom. The number of hydrogen-bond acceptors (Lipinski definition) is 4. The molecule has 0 fully saturated rings. The van der Waals surface area contributed by atoms with Crippen LogP contribution in [-0.4, -0.2) is 24.2 Å². The number of hydrogen-bond donors (Lipinski definition) is 1. The second-order valence-electron chi connectivity index (χ2n) is 4.28. The van der Waals surface area contributed by atoms with Gasteiger partial charge >= 0.3 is 0 Å². The van der Waals surface area contributed by atoms with Crippen molar-refractivity contribution in [1.29, 1.82) is 0 Å². The zero-order valence-electron chi connectivity index (χ0n) is 10.8. The molecule has 0 radical (unpaired) electrons. The molecule has 1 aromatic carbocycles. The second-order valence-corrected chi connectivity index (χ2v) is 4.69. The first-order chi connectivity index (χ1) is 9.10. The molecule has 100 valence electrons. The number of aliphatic hydroxyl groups is 1. The molecule has 0 amide bonds. The van der Waals surface area contributed by atoms with Crippen molar-refractivity contribution in [2.45, 2.75) is 6.61 Å². The molecule has 0 aliphatic heterocycles. The van der Waals surface area contributed by atoms with Crippen LogP contribution in [0, 0.1) is 0 Å². The van der Waals surface area contributed by atoms with E-state index < -0.39 is 0 Å². The van der Waals surface area contributed by atoms with Crippen LogP contribution in [0.2, 0.25) is 5.02 Å². The zero-order chi connectivity index (χ0) is 13.8. The summed E-state index contributed by atoms with van der Waals surface area (Å²) >= 11 is 6.05. The maximum absolute atomic E-state index is 9.00. The van der Waals surface area contributed by atoms with E-state index in [2.05, 4.69) is 4.98 Å². The van der Waals surface area contributed by atoms with Crippen molar-refractivity contribution in [2.24, 2.45) is 0 Å². The van der Waals surface area contributed by atoms with E-state index in [0.29, 0.717) is 22.2 Å². The van der Waals surface area contributed by atoms with Crippen LogP contribution < -0.4 is 9.64 Å². The molecule has 19 heavy (non-hydrogen) atoms.